The molecule has 1 aliphatic rings. The minimum absolute atomic E-state index is 0.0244. The molecular formula is C16H12F4N2O4S. The van der Waals surface area contributed by atoms with Crippen molar-refractivity contribution >= 4 is 22.4 Å². The fraction of sp³-hybridized carbons (Fsp3) is 0.250. The summed E-state index contributed by atoms with van der Waals surface area (Å²) in [7, 11) is -1.97. The number of benzene rings is 2. The first-order valence-electron chi connectivity index (χ1n) is 7.66. The fourth-order valence-electron chi connectivity index (χ4n) is 2.46. The summed E-state index contributed by atoms with van der Waals surface area (Å²) in [5, 5.41) is 10.9. The van der Waals surface area contributed by atoms with Gasteiger partial charge in [0.1, 0.15) is 5.75 Å². The Morgan fingerprint density at radius 2 is 1.81 bits per heavy atom. The number of alkyl halides is 3. The molecule has 0 amide bonds. The number of nitrogens with zero attached hydrogens (tertiary/aromatic N) is 1. The van der Waals surface area contributed by atoms with Crippen LogP contribution in [0.3, 0.4) is 0 Å². The van der Waals surface area contributed by atoms with Gasteiger partial charge in [-0.25, -0.2) is 4.21 Å². The molecule has 1 saturated carbocycles. The van der Waals surface area contributed by atoms with E-state index in [1.807, 2.05) is 0 Å². The Labute approximate surface area is 152 Å². The number of hydrogen-bond donors (Lipinski definition) is 1. The topological polar surface area (TPSA) is 81.5 Å². The molecule has 1 fully saturated rings. The molecule has 0 heterocycles. The van der Waals surface area contributed by atoms with Crippen LogP contribution in [0.25, 0.3) is 0 Å². The van der Waals surface area contributed by atoms with Gasteiger partial charge in [0.25, 0.3) is 0 Å². The second-order valence-corrected chi connectivity index (χ2v) is 7.00. The Morgan fingerprint density at radius 1 is 1.19 bits per heavy atom. The number of nitrogens with one attached hydrogen (secondary N) is 1. The average Bonchev–Trinajstić information content (AvgIpc) is 3.39. The lowest BCUT2D eigenvalue weighted by Crippen LogP contribution is -2.17. The van der Waals surface area contributed by atoms with Crippen molar-refractivity contribution in [2.24, 2.45) is 0 Å². The van der Waals surface area contributed by atoms with Crippen LogP contribution in [0.2, 0.25) is 0 Å². The largest absolute Gasteiger partial charge is 0.573 e. The minimum Gasteiger partial charge on any atom is -0.406 e. The number of nitro benzene ring substituents is 1. The van der Waals surface area contributed by atoms with E-state index in [1.54, 1.807) is 0 Å². The first-order chi connectivity index (χ1) is 12.6. The number of halogens is 4. The van der Waals surface area contributed by atoms with Gasteiger partial charge < -0.3 is 9.46 Å². The Morgan fingerprint density at radius 3 is 2.33 bits per heavy atom. The summed E-state index contributed by atoms with van der Waals surface area (Å²) < 4.78 is 69.3. The van der Waals surface area contributed by atoms with Crippen molar-refractivity contribution in [2.45, 2.75) is 30.0 Å². The predicted molar refractivity (Wildman–Crippen MR) is 88.2 cm³/mol. The molecule has 0 aliphatic heterocycles. The monoisotopic (exact) mass is 404 g/mol. The summed E-state index contributed by atoms with van der Waals surface area (Å²) in [5.74, 6) is -1.48. The van der Waals surface area contributed by atoms with E-state index in [2.05, 4.69) is 9.46 Å². The van der Waals surface area contributed by atoms with Crippen LogP contribution in [0.5, 0.6) is 5.75 Å². The Bertz CT molecular complexity index is 899. The molecule has 1 aliphatic carbocycles. The molecule has 1 unspecified atom stereocenters. The highest BCUT2D eigenvalue weighted by molar-refractivity contribution is 7.86. The summed E-state index contributed by atoms with van der Waals surface area (Å²) in [6.45, 7) is 0. The standard InChI is InChI=1S/C16H12F4N2O4S/c17-13-7-12(9-1-2-9)15(8-14(13)22(23)24)27(25)21-10-3-5-11(6-4-10)26-16(18,19)20/h3-9,21H,1-2H2. The first-order valence-corrected chi connectivity index (χ1v) is 8.81. The lowest BCUT2D eigenvalue weighted by atomic mass is 10.1. The fourth-order valence-corrected chi connectivity index (χ4v) is 3.58. The zero-order chi connectivity index (χ0) is 19.8. The van der Waals surface area contributed by atoms with Gasteiger partial charge in [0.15, 0.2) is 11.0 Å². The normalized spacial score (nSPS) is 15.3. The molecule has 0 aromatic heterocycles. The molecule has 2 aromatic rings. The third-order valence-electron chi connectivity index (χ3n) is 3.79. The van der Waals surface area contributed by atoms with Crippen LogP contribution in [0.1, 0.15) is 24.3 Å². The van der Waals surface area contributed by atoms with Gasteiger partial charge in [-0.2, -0.15) is 4.39 Å². The van der Waals surface area contributed by atoms with Gasteiger partial charge >= 0.3 is 12.0 Å². The molecule has 11 heteroatoms. The quantitative estimate of drug-likeness (QED) is 0.432. The predicted octanol–water partition coefficient (Wildman–Crippen LogP) is 4.64. The van der Waals surface area contributed by atoms with Crippen molar-refractivity contribution in [3.63, 3.8) is 0 Å². The highest BCUT2D eigenvalue weighted by Gasteiger charge is 2.32. The number of hydrogen-bond acceptors (Lipinski definition) is 4. The summed E-state index contributed by atoms with van der Waals surface area (Å²) in [6, 6.07) is 6.43. The summed E-state index contributed by atoms with van der Waals surface area (Å²) >= 11 is 0. The molecule has 1 atom stereocenters. The Balaban J connectivity index is 1.83. The van der Waals surface area contributed by atoms with Crippen molar-refractivity contribution in [3.05, 3.63) is 57.9 Å². The summed E-state index contributed by atoms with van der Waals surface area (Å²) in [6.07, 6.45) is -3.32. The molecule has 3 rings (SSSR count). The van der Waals surface area contributed by atoms with Gasteiger partial charge in [-0.15, -0.1) is 13.2 Å². The van der Waals surface area contributed by atoms with Crippen molar-refractivity contribution in [1.82, 2.24) is 0 Å². The maximum atomic E-state index is 13.9. The minimum atomic E-state index is -4.83. The number of rotatable bonds is 6. The summed E-state index contributed by atoms with van der Waals surface area (Å²) in [4.78, 5) is 10.1. The highest BCUT2D eigenvalue weighted by Crippen LogP contribution is 2.44. The van der Waals surface area contributed by atoms with E-state index < -0.39 is 39.5 Å². The summed E-state index contributed by atoms with van der Waals surface area (Å²) in [5.41, 5.74) is -0.170. The smallest absolute Gasteiger partial charge is 0.406 e. The van der Waals surface area contributed by atoms with Crippen LogP contribution >= 0.6 is 0 Å². The number of anilines is 1. The molecule has 0 radical (unpaired) electrons. The van der Waals surface area contributed by atoms with E-state index >= 15 is 0 Å². The third kappa shape index (κ3) is 4.73. The Hall–Kier alpha value is -2.69. The first kappa shape index (κ1) is 19.1. The maximum Gasteiger partial charge on any atom is 0.573 e. The molecule has 2 aromatic carbocycles. The van der Waals surface area contributed by atoms with Crippen LogP contribution in [0, 0.1) is 15.9 Å². The van der Waals surface area contributed by atoms with E-state index in [4.69, 9.17) is 0 Å². The van der Waals surface area contributed by atoms with Gasteiger partial charge in [-0.3, -0.25) is 10.1 Å². The van der Waals surface area contributed by atoms with Gasteiger partial charge in [0.05, 0.1) is 9.82 Å². The SMILES string of the molecule is O=[N+]([O-])c1cc(S(=O)Nc2ccc(OC(F)(F)F)cc2)c(C2CC2)cc1F. The molecule has 0 spiro atoms. The van der Waals surface area contributed by atoms with Crippen molar-refractivity contribution in [2.75, 3.05) is 4.72 Å². The van der Waals surface area contributed by atoms with E-state index in [-0.39, 0.29) is 16.5 Å². The number of ether oxygens (including phenoxy) is 1. The van der Waals surface area contributed by atoms with Crippen molar-refractivity contribution < 1.29 is 31.4 Å². The van der Waals surface area contributed by atoms with Gasteiger partial charge in [0.2, 0.25) is 5.82 Å². The van der Waals surface area contributed by atoms with Crippen LogP contribution in [-0.4, -0.2) is 15.5 Å². The zero-order valence-electron chi connectivity index (χ0n) is 13.5. The lowest BCUT2D eigenvalue weighted by Gasteiger charge is -2.12. The van der Waals surface area contributed by atoms with Crippen molar-refractivity contribution in [1.29, 1.82) is 0 Å². The number of nitro groups is 1. The lowest BCUT2D eigenvalue weighted by molar-refractivity contribution is -0.387. The van der Waals surface area contributed by atoms with E-state index in [9.17, 15) is 31.9 Å². The highest BCUT2D eigenvalue weighted by atomic mass is 32.2. The molecule has 144 valence electrons. The van der Waals surface area contributed by atoms with Crippen LogP contribution in [-0.2, 0) is 11.0 Å². The molecule has 6 nitrogen and oxygen atoms in total. The van der Waals surface area contributed by atoms with Crippen LogP contribution in [0.15, 0.2) is 41.3 Å². The molecule has 0 saturated heterocycles. The third-order valence-corrected chi connectivity index (χ3v) is 4.97. The van der Waals surface area contributed by atoms with Crippen LogP contribution in [0.4, 0.5) is 28.9 Å². The van der Waals surface area contributed by atoms with E-state index in [0.717, 1.165) is 37.1 Å². The molecular weight excluding hydrogens is 392 g/mol. The van der Waals surface area contributed by atoms with E-state index in [1.165, 1.54) is 12.1 Å². The average molecular weight is 404 g/mol. The zero-order valence-corrected chi connectivity index (χ0v) is 14.3. The van der Waals surface area contributed by atoms with Crippen LogP contribution < -0.4 is 9.46 Å². The second kappa shape index (κ2) is 7.14. The van der Waals surface area contributed by atoms with Gasteiger partial charge in [0, 0.05) is 11.8 Å². The Kier molecular flexibility index (Phi) is 5.05. The van der Waals surface area contributed by atoms with Gasteiger partial charge in [-0.1, -0.05) is 0 Å². The van der Waals surface area contributed by atoms with Gasteiger partial charge in [-0.05, 0) is 54.7 Å². The molecule has 1 N–H and O–H groups in total. The van der Waals surface area contributed by atoms with E-state index in [0.29, 0.717) is 5.56 Å². The second-order valence-electron chi connectivity index (χ2n) is 5.82. The maximum absolute atomic E-state index is 13.9. The van der Waals surface area contributed by atoms with Crippen molar-refractivity contribution in [3.8, 4) is 5.75 Å². The molecule has 0 bridgehead atoms. The molecule has 27 heavy (non-hydrogen) atoms.